The van der Waals surface area contributed by atoms with E-state index in [1.165, 1.54) is 25.5 Å². The van der Waals surface area contributed by atoms with Crippen LogP contribution in [0.4, 0.5) is 5.69 Å². The van der Waals surface area contributed by atoms with Gasteiger partial charge in [0.15, 0.2) is 5.75 Å². The Labute approximate surface area is 148 Å². The van der Waals surface area contributed by atoms with Crippen LogP contribution in [0.25, 0.3) is 10.9 Å². The molecule has 132 valence electrons. The molecule has 0 aliphatic heterocycles. The van der Waals surface area contributed by atoms with Crippen molar-refractivity contribution >= 4 is 28.7 Å². The van der Waals surface area contributed by atoms with Crippen LogP contribution in [-0.2, 0) is 7.05 Å². The zero-order valence-electron chi connectivity index (χ0n) is 14.2. The van der Waals surface area contributed by atoms with E-state index in [0.29, 0.717) is 11.3 Å². The highest BCUT2D eigenvalue weighted by Crippen LogP contribution is 2.26. The fourth-order valence-corrected chi connectivity index (χ4v) is 2.66. The molecule has 0 fully saturated rings. The standard InChI is InChI=1S/C18H16N4O4/c1-21-14-6-4-3-5-13(14)10-16(21)18(23)20-19-11-12-7-8-17(26-2)15(9-12)22(24)25/h3-11H,1-2H3,(H,20,23)/b19-11+. The molecule has 0 spiro atoms. The van der Waals surface area contributed by atoms with Gasteiger partial charge >= 0.3 is 5.69 Å². The number of methoxy groups -OCH3 is 1. The van der Waals surface area contributed by atoms with Crippen LogP contribution in [0.15, 0.2) is 53.6 Å². The number of nitrogens with one attached hydrogen (secondary N) is 1. The smallest absolute Gasteiger partial charge is 0.311 e. The van der Waals surface area contributed by atoms with E-state index >= 15 is 0 Å². The Balaban J connectivity index is 1.77. The molecule has 0 aliphatic rings. The molecule has 3 aromatic rings. The zero-order chi connectivity index (χ0) is 18.7. The molecule has 0 unspecified atom stereocenters. The number of fused-ring (bicyclic) bond motifs is 1. The second-order valence-corrected chi connectivity index (χ2v) is 5.53. The molecule has 8 nitrogen and oxygen atoms in total. The summed E-state index contributed by atoms with van der Waals surface area (Å²) < 4.78 is 6.72. The maximum absolute atomic E-state index is 12.3. The summed E-state index contributed by atoms with van der Waals surface area (Å²) in [4.78, 5) is 22.8. The van der Waals surface area contributed by atoms with Crippen LogP contribution in [-0.4, -0.2) is 28.7 Å². The maximum Gasteiger partial charge on any atom is 0.311 e. The minimum absolute atomic E-state index is 0.159. The molecule has 0 atom stereocenters. The average Bonchev–Trinajstić information content (AvgIpc) is 2.98. The van der Waals surface area contributed by atoms with Crippen molar-refractivity contribution in [1.29, 1.82) is 0 Å². The summed E-state index contributed by atoms with van der Waals surface area (Å²) in [6, 6.07) is 13.8. The Bertz CT molecular complexity index is 1020. The first-order valence-electron chi connectivity index (χ1n) is 7.71. The number of carbonyl (C=O) groups excluding carboxylic acids is 1. The van der Waals surface area contributed by atoms with Gasteiger partial charge in [0.2, 0.25) is 0 Å². The molecule has 0 aliphatic carbocycles. The Morgan fingerprint density at radius 3 is 2.73 bits per heavy atom. The number of amides is 1. The third-order valence-corrected chi connectivity index (χ3v) is 3.96. The lowest BCUT2D eigenvalue weighted by atomic mass is 10.2. The Morgan fingerprint density at radius 2 is 2.04 bits per heavy atom. The average molecular weight is 352 g/mol. The van der Waals surface area contributed by atoms with Crippen LogP contribution in [0.1, 0.15) is 16.1 Å². The van der Waals surface area contributed by atoms with Crippen LogP contribution in [0.3, 0.4) is 0 Å². The minimum Gasteiger partial charge on any atom is -0.490 e. The normalized spacial score (nSPS) is 11.0. The molecule has 1 N–H and O–H groups in total. The van der Waals surface area contributed by atoms with E-state index in [-0.39, 0.29) is 17.3 Å². The molecule has 0 bridgehead atoms. The van der Waals surface area contributed by atoms with Gasteiger partial charge in [-0.1, -0.05) is 18.2 Å². The Morgan fingerprint density at radius 1 is 1.27 bits per heavy atom. The topological polar surface area (TPSA) is 98.8 Å². The van der Waals surface area contributed by atoms with Gasteiger partial charge in [-0.3, -0.25) is 14.9 Å². The number of nitro groups is 1. The van der Waals surface area contributed by atoms with Gasteiger partial charge in [-0.25, -0.2) is 5.43 Å². The number of hydrogen-bond acceptors (Lipinski definition) is 5. The third kappa shape index (κ3) is 3.25. The summed E-state index contributed by atoms with van der Waals surface area (Å²) in [7, 11) is 3.16. The summed E-state index contributed by atoms with van der Waals surface area (Å²) in [5.41, 5.74) is 4.13. The van der Waals surface area contributed by atoms with Crippen molar-refractivity contribution in [2.75, 3.05) is 7.11 Å². The third-order valence-electron chi connectivity index (χ3n) is 3.96. The quantitative estimate of drug-likeness (QED) is 0.433. The van der Waals surface area contributed by atoms with Gasteiger partial charge in [-0.2, -0.15) is 5.10 Å². The van der Waals surface area contributed by atoms with Gasteiger partial charge in [0.05, 0.1) is 18.2 Å². The van der Waals surface area contributed by atoms with E-state index < -0.39 is 4.92 Å². The lowest BCUT2D eigenvalue weighted by Crippen LogP contribution is -2.20. The van der Waals surface area contributed by atoms with E-state index in [4.69, 9.17) is 4.74 Å². The Kier molecular flexibility index (Phi) is 4.66. The molecule has 1 heterocycles. The van der Waals surface area contributed by atoms with Gasteiger partial charge < -0.3 is 9.30 Å². The van der Waals surface area contributed by atoms with Crippen molar-refractivity contribution in [3.05, 3.63) is 69.9 Å². The van der Waals surface area contributed by atoms with Gasteiger partial charge in [0, 0.05) is 29.6 Å². The molecule has 2 aromatic carbocycles. The summed E-state index contributed by atoms with van der Waals surface area (Å²) in [6.45, 7) is 0. The number of hydrogen-bond donors (Lipinski definition) is 1. The number of nitrogens with zero attached hydrogens (tertiary/aromatic N) is 3. The number of rotatable bonds is 5. The molecule has 0 saturated carbocycles. The van der Waals surface area contributed by atoms with Crippen LogP contribution < -0.4 is 10.2 Å². The maximum atomic E-state index is 12.3. The molecular weight excluding hydrogens is 336 g/mol. The number of ether oxygens (including phenoxy) is 1. The molecule has 0 saturated heterocycles. The van der Waals surface area contributed by atoms with Crippen LogP contribution >= 0.6 is 0 Å². The highest BCUT2D eigenvalue weighted by Gasteiger charge is 2.15. The summed E-state index contributed by atoms with van der Waals surface area (Å²) in [6.07, 6.45) is 1.34. The van der Waals surface area contributed by atoms with Crippen molar-refractivity contribution in [2.45, 2.75) is 0 Å². The molecule has 3 rings (SSSR count). The number of para-hydroxylation sites is 1. The molecule has 26 heavy (non-hydrogen) atoms. The van der Waals surface area contributed by atoms with Crippen LogP contribution in [0.2, 0.25) is 0 Å². The number of aryl methyl sites for hydroxylation is 1. The fourth-order valence-electron chi connectivity index (χ4n) is 2.66. The monoisotopic (exact) mass is 352 g/mol. The van der Waals surface area contributed by atoms with E-state index in [1.54, 1.807) is 23.7 Å². The fraction of sp³-hybridized carbons (Fsp3) is 0.111. The van der Waals surface area contributed by atoms with Gasteiger partial charge in [0.1, 0.15) is 5.69 Å². The van der Waals surface area contributed by atoms with Crippen molar-refractivity contribution in [1.82, 2.24) is 9.99 Å². The highest BCUT2D eigenvalue weighted by atomic mass is 16.6. The molecule has 1 aromatic heterocycles. The predicted octanol–water partition coefficient (Wildman–Crippen LogP) is 2.86. The predicted molar refractivity (Wildman–Crippen MR) is 97.6 cm³/mol. The molecule has 0 radical (unpaired) electrons. The van der Waals surface area contributed by atoms with Gasteiger partial charge in [-0.15, -0.1) is 0 Å². The van der Waals surface area contributed by atoms with E-state index in [9.17, 15) is 14.9 Å². The number of nitro benzene ring substituents is 1. The van der Waals surface area contributed by atoms with Crippen molar-refractivity contribution in [3.8, 4) is 5.75 Å². The summed E-state index contributed by atoms with van der Waals surface area (Å²) in [5, 5.41) is 15.9. The zero-order valence-corrected chi connectivity index (χ0v) is 14.2. The second kappa shape index (κ2) is 7.06. The first-order valence-corrected chi connectivity index (χ1v) is 7.71. The first-order chi connectivity index (χ1) is 12.5. The van der Waals surface area contributed by atoms with E-state index in [0.717, 1.165) is 10.9 Å². The number of aromatic nitrogens is 1. The summed E-state index contributed by atoms with van der Waals surface area (Å²) in [5.74, 6) is -0.213. The minimum atomic E-state index is -0.537. The van der Waals surface area contributed by atoms with E-state index in [1.807, 2.05) is 24.3 Å². The van der Waals surface area contributed by atoms with Gasteiger partial charge in [0.25, 0.3) is 5.91 Å². The molecule has 8 heteroatoms. The van der Waals surface area contributed by atoms with Crippen LogP contribution in [0.5, 0.6) is 5.75 Å². The highest BCUT2D eigenvalue weighted by molar-refractivity contribution is 5.99. The van der Waals surface area contributed by atoms with Crippen molar-refractivity contribution < 1.29 is 14.5 Å². The molecular formula is C18H16N4O4. The lowest BCUT2D eigenvalue weighted by molar-refractivity contribution is -0.385. The number of hydrazone groups is 1. The second-order valence-electron chi connectivity index (χ2n) is 5.53. The number of carbonyl (C=O) groups is 1. The Hall–Kier alpha value is -3.68. The first kappa shape index (κ1) is 17.2. The van der Waals surface area contributed by atoms with Crippen molar-refractivity contribution in [2.24, 2.45) is 12.1 Å². The summed E-state index contributed by atoms with van der Waals surface area (Å²) >= 11 is 0. The largest absolute Gasteiger partial charge is 0.490 e. The SMILES string of the molecule is COc1ccc(/C=N/NC(=O)c2cc3ccccc3n2C)cc1[N+](=O)[O-]. The lowest BCUT2D eigenvalue weighted by Gasteiger charge is -2.03. The number of benzene rings is 2. The van der Waals surface area contributed by atoms with E-state index in [2.05, 4.69) is 10.5 Å². The molecule has 1 amide bonds. The van der Waals surface area contributed by atoms with Crippen molar-refractivity contribution in [3.63, 3.8) is 0 Å². The van der Waals surface area contributed by atoms with Crippen LogP contribution in [0, 0.1) is 10.1 Å². The van der Waals surface area contributed by atoms with Gasteiger partial charge in [-0.05, 0) is 24.3 Å².